The van der Waals surface area contributed by atoms with E-state index in [-0.39, 0.29) is 0 Å². The number of aliphatic hydroxyl groups is 1. The zero-order valence-electron chi connectivity index (χ0n) is 10.8. The maximum atomic E-state index is 9.92. The second-order valence-electron chi connectivity index (χ2n) is 4.80. The van der Waals surface area contributed by atoms with Gasteiger partial charge in [0.25, 0.3) is 0 Å². The van der Waals surface area contributed by atoms with Crippen LogP contribution in [-0.4, -0.2) is 18.2 Å². The molecule has 0 aliphatic carbocycles. The van der Waals surface area contributed by atoms with Gasteiger partial charge in [-0.15, -0.1) is 6.58 Å². The van der Waals surface area contributed by atoms with Crippen molar-refractivity contribution in [1.29, 1.82) is 0 Å². The summed E-state index contributed by atoms with van der Waals surface area (Å²) in [4.78, 5) is 0. The molecule has 1 unspecified atom stereocenters. The van der Waals surface area contributed by atoms with Crippen LogP contribution in [0.3, 0.4) is 0 Å². The summed E-state index contributed by atoms with van der Waals surface area (Å²) in [6.07, 6.45) is 2.44. The maximum Gasteiger partial charge on any atom is 0.0914 e. The van der Waals surface area contributed by atoms with Crippen molar-refractivity contribution in [1.82, 2.24) is 5.32 Å². The molecule has 0 bridgehead atoms. The average molecular weight is 233 g/mol. The van der Waals surface area contributed by atoms with Gasteiger partial charge in [0.2, 0.25) is 0 Å². The smallest absolute Gasteiger partial charge is 0.0914 e. The van der Waals surface area contributed by atoms with Crippen LogP contribution < -0.4 is 5.32 Å². The van der Waals surface area contributed by atoms with E-state index >= 15 is 0 Å². The van der Waals surface area contributed by atoms with E-state index in [9.17, 15) is 5.11 Å². The van der Waals surface area contributed by atoms with Gasteiger partial charge in [0.1, 0.15) is 0 Å². The van der Waals surface area contributed by atoms with Gasteiger partial charge >= 0.3 is 0 Å². The summed E-state index contributed by atoms with van der Waals surface area (Å²) in [5, 5.41) is 13.0. The third kappa shape index (κ3) is 5.16. The van der Waals surface area contributed by atoms with E-state index in [1.54, 1.807) is 6.08 Å². The van der Waals surface area contributed by atoms with Crippen molar-refractivity contribution >= 4 is 0 Å². The number of benzene rings is 1. The summed E-state index contributed by atoms with van der Waals surface area (Å²) in [7, 11) is 0. The van der Waals surface area contributed by atoms with Crippen molar-refractivity contribution in [3.05, 3.63) is 48.0 Å². The number of aliphatic hydroxyl groups excluding tert-OH is 1. The van der Waals surface area contributed by atoms with Crippen LogP contribution in [0.4, 0.5) is 0 Å². The minimum Gasteiger partial charge on any atom is -0.387 e. The highest BCUT2D eigenvalue weighted by molar-refractivity contribution is 5.24. The van der Waals surface area contributed by atoms with E-state index in [1.165, 1.54) is 5.56 Å². The zero-order valence-corrected chi connectivity index (χ0v) is 10.8. The molecule has 2 heteroatoms. The molecule has 0 spiro atoms. The van der Waals surface area contributed by atoms with Crippen molar-refractivity contribution in [2.24, 2.45) is 5.92 Å². The quantitative estimate of drug-likeness (QED) is 0.560. The SMILES string of the molecule is C=CCNCC(O)c1ccc(CC(C)C)cc1. The van der Waals surface area contributed by atoms with Gasteiger partial charge < -0.3 is 10.4 Å². The Morgan fingerprint density at radius 3 is 2.47 bits per heavy atom. The van der Waals surface area contributed by atoms with Gasteiger partial charge in [-0.05, 0) is 23.5 Å². The van der Waals surface area contributed by atoms with E-state index in [4.69, 9.17) is 0 Å². The second kappa shape index (κ2) is 7.25. The fraction of sp³-hybridized carbons (Fsp3) is 0.467. The first-order chi connectivity index (χ1) is 8.13. The Hall–Kier alpha value is -1.12. The van der Waals surface area contributed by atoms with Crippen LogP contribution in [0.1, 0.15) is 31.1 Å². The monoisotopic (exact) mass is 233 g/mol. The number of nitrogens with one attached hydrogen (secondary N) is 1. The fourth-order valence-corrected chi connectivity index (χ4v) is 1.79. The van der Waals surface area contributed by atoms with Gasteiger partial charge in [-0.25, -0.2) is 0 Å². The first-order valence-corrected chi connectivity index (χ1v) is 6.22. The molecule has 0 saturated heterocycles. The molecule has 0 radical (unpaired) electrons. The summed E-state index contributed by atoms with van der Waals surface area (Å²) >= 11 is 0. The Kier molecular flexibility index (Phi) is 5.95. The molecule has 0 heterocycles. The third-order valence-electron chi connectivity index (χ3n) is 2.63. The molecule has 2 nitrogen and oxygen atoms in total. The predicted molar refractivity (Wildman–Crippen MR) is 73.0 cm³/mol. The van der Waals surface area contributed by atoms with Gasteiger partial charge in [0.05, 0.1) is 6.10 Å². The molecule has 2 N–H and O–H groups in total. The second-order valence-corrected chi connectivity index (χ2v) is 4.80. The first-order valence-electron chi connectivity index (χ1n) is 6.22. The standard InChI is InChI=1S/C15H23NO/c1-4-9-16-11-15(17)14-7-5-13(6-8-14)10-12(2)3/h4-8,12,15-17H,1,9-11H2,2-3H3. The molecule has 0 aliphatic heterocycles. The predicted octanol–water partition coefficient (Wildman–Crippen LogP) is 2.69. The maximum absolute atomic E-state index is 9.92. The van der Waals surface area contributed by atoms with E-state index in [1.807, 2.05) is 12.1 Å². The summed E-state index contributed by atoms with van der Waals surface area (Å²) in [5.74, 6) is 0.667. The first kappa shape index (κ1) is 13.9. The van der Waals surface area contributed by atoms with Crippen molar-refractivity contribution < 1.29 is 5.11 Å². The molecular weight excluding hydrogens is 210 g/mol. The molecule has 17 heavy (non-hydrogen) atoms. The van der Waals surface area contributed by atoms with Gasteiger partial charge in [-0.1, -0.05) is 44.2 Å². The van der Waals surface area contributed by atoms with Crippen molar-refractivity contribution in [2.75, 3.05) is 13.1 Å². The normalized spacial score (nSPS) is 12.7. The van der Waals surface area contributed by atoms with E-state index in [2.05, 4.69) is 37.9 Å². The fourth-order valence-electron chi connectivity index (χ4n) is 1.79. The van der Waals surface area contributed by atoms with Crippen LogP contribution >= 0.6 is 0 Å². The summed E-state index contributed by atoms with van der Waals surface area (Å²) in [6.45, 7) is 9.34. The molecule has 1 aromatic rings. The Morgan fingerprint density at radius 1 is 1.29 bits per heavy atom. The van der Waals surface area contributed by atoms with Crippen LogP contribution in [0, 0.1) is 5.92 Å². The van der Waals surface area contributed by atoms with Crippen LogP contribution in [0.5, 0.6) is 0 Å². The minimum absolute atomic E-state index is 0.442. The third-order valence-corrected chi connectivity index (χ3v) is 2.63. The summed E-state index contributed by atoms with van der Waals surface area (Å²) in [5.41, 5.74) is 2.30. The Balaban J connectivity index is 2.51. The summed E-state index contributed by atoms with van der Waals surface area (Å²) in [6, 6.07) is 8.23. The average Bonchev–Trinajstić information content (AvgIpc) is 2.29. The summed E-state index contributed by atoms with van der Waals surface area (Å²) < 4.78 is 0. The van der Waals surface area contributed by atoms with Crippen molar-refractivity contribution in [3.63, 3.8) is 0 Å². The van der Waals surface area contributed by atoms with Crippen LogP contribution in [-0.2, 0) is 6.42 Å². The van der Waals surface area contributed by atoms with Crippen LogP contribution in [0.2, 0.25) is 0 Å². The van der Waals surface area contributed by atoms with Gasteiger partial charge in [0.15, 0.2) is 0 Å². The molecule has 94 valence electrons. The lowest BCUT2D eigenvalue weighted by atomic mass is 10.0. The molecule has 1 rings (SSSR count). The topological polar surface area (TPSA) is 32.3 Å². The molecular formula is C15H23NO. The number of hydrogen-bond acceptors (Lipinski definition) is 2. The minimum atomic E-state index is -0.442. The molecule has 0 fully saturated rings. The Labute approximate surface area is 104 Å². The molecule has 0 aromatic heterocycles. The lowest BCUT2D eigenvalue weighted by molar-refractivity contribution is 0.176. The highest BCUT2D eigenvalue weighted by atomic mass is 16.3. The number of hydrogen-bond donors (Lipinski definition) is 2. The molecule has 0 saturated carbocycles. The van der Waals surface area contributed by atoms with E-state index < -0.39 is 6.10 Å². The van der Waals surface area contributed by atoms with Gasteiger partial charge in [-0.3, -0.25) is 0 Å². The molecule has 0 amide bonds. The Bertz CT molecular complexity index is 329. The Morgan fingerprint density at radius 2 is 1.94 bits per heavy atom. The lowest BCUT2D eigenvalue weighted by Gasteiger charge is -2.12. The van der Waals surface area contributed by atoms with Crippen LogP contribution in [0.25, 0.3) is 0 Å². The van der Waals surface area contributed by atoms with Crippen molar-refractivity contribution in [2.45, 2.75) is 26.4 Å². The zero-order chi connectivity index (χ0) is 12.7. The molecule has 0 aliphatic rings. The number of rotatable bonds is 7. The molecule has 1 aromatic carbocycles. The van der Waals surface area contributed by atoms with E-state index in [0.717, 1.165) is 18.5 Å². The van der Waals surface area contributed by atoms with E-state index in [0.29, 0.717) is 12.5 Å². The lowest BCUT2D eigenvalue weighted by Crippen LogP contribution is -2.21. The van der Waals surface area contributed by atoms with Crippen LogP contribution in [0.15, 0.2) is 36.9 Å². The highest BCUT2D eigenvalue weighted by Crippen LogP contribution is 2.15. The van der Waals surface area contributed by atoms with Gasteiger partial charge in [-0.2, -0.15) is 0 Å². The van der Waals surface area contributed by atoms with Crippen molar-refractivity contribution in [3.8, 4) is 0 Å². The highest BCUT2D eigenvalue weighted by Gasteiger charge is 2.06. The van der Waals surface area contributed by atoms with Gasteiger partial charge in [0, 0.05) is 13.1 Å². The largest absolute Gasteiger partial charge is 0.387 e. The molecule has 1 atom stereocenters.